The fourth-order valence-corrected chi connectivity index (χ4v) is 8.68. The Bertz CT molecular complexity index is 856. The second-order valence-corrected chi connectivity index (χ2v) is 13.5. The van der Waals surface area contributed by atoms with Gasteiger partial charge in [0.25, 0.3) is 8.32 Å². The van der Waals surface area contributed by atoms with Crippen LogP contribution < -0.4 is 10.4 Å². The molecule has 0 saturated carbocycles. The molecule has 2 aromatic rings. The van der Waals surface area contributed by atoms with Crippen LogP contribution in [0.15, 0.2) is 84.0 Å². The minimum Gasteiger partial charge on any atom is -0.404 e. The summed E-state index contributed by atoms with van der Waals surface area (Å²) >= 11 is 0. The molecule has 2 rings (SSSR count). The van der Waals surface area contributed by atoms with Crippen LogP contribution in [0.3, 0.4) is 0 Å². The van der Waals surface area contributed by atoms with Crippen LogP contribution in [0.4, 0.5) is 0 Å². The molecular weight excluding hydrogens is 380 g/mol. The Morgan fingerprint density at radius 1 is 1.00 bits per heavy atom. The van der Waals surface area contributed by atoms with E-state index in [9.17, 15) is 0 Å². The van der Waals surface area contributed by atoms with Gasteiger partial charge in [0.15, 0.2) is 0 Å². The Hall–Kier alpha value is -2.34. The molecule has 30 heavy (non-hydrogen) atoms. The Morgan fingerprint density at radius 3 is 1.93 bits per heavy atom. The highest BCUT2D eigenvalue weighted by molar-refractivity contribution is 6.99. The van der Waals surface area contributed by atoms with Crippen LogP contribution in [0.25, 0.3) is 0 Å². The monoisotopic (exact) mass is 416 g/mol. The largest absolute Gasteiger partial charge is 0.404 e. The van der Waals surface area contributed by atoms with Crippen molar-refractivity contribution in [2.75, 3.05) is 6.61 Å². The number of benzene rings is 2. The van der Waals surface area contributed by atoms with Gasteiger partial charge < -0.3 is 4.43 Å². The molecule has 1 nitrogen and oxygen atoms in total. The summed E-state index contributed by atoms with van der Waals surface area (Å²) in [7, 11) is -2.47. The predicted octanol–water partition coefficient (Wildman–Crippen LogP) is 6.12. The molecule has 158 valence electrons. The maximum atomic E-state index is 6.94. The Kier molecular flexibility index (Phi) is 8.47. The molecule has 0 heterocycles. The van der Waals surface area contributed by atoms with Crippen molar-refractivity contribution in [1.29, 1.82) is 0 Å². The van der Waals surface area contributed by atoms with Crippen LogP contribution in [-0.2, 0) is 4.43 Å². The average molecular weight is 417 g/mol. The summed E-state index contributed by atoms with van der Waals surface area (Å²) < 4.78 is 6.94. The molecule has 0 aliphatic heterocycles. The van der Waals surface area contributed by atoms with Gasteiger partial charge in [0, 0.05) is 0 Å². The molecular formula is C28H36OSi. The third kappa shape index (κ3) is 5.85. The van der Waals surface area contributed by atoms with Crippen molar-refractivity contribution in [2.45, 2.75) is 53.0 Å². The van der Waals surface area contributed by atoms with E-state index >= 15 is 0 Å². The van der Waals surface area contributed by atoms with Crippen LogP contribution in [-0.4, -0.2) is 14.9 Å². The number of allylic oxidation sites excluding steroid dienone is 3. The molecule has 0 unspecified atom stereocenters. The third-order valence-corrected chi connectivity index (χ3v) is 10.6. The van der Waals surface area contributed by atoms with Crippen molar-refractivity contribution in [2.24, 2.45) is 5.92 Å². The minimum atomic E-state index is -2.47. The molecule has 0 radical (unpaired) electrons. The fraction of sp³-hybridized carbons (Fsp3) is 0.357. The molecule has 0 aromatic heterocycles. The Balaban J connectivity index is 2.34. The van der Waals surface area contributed by atoms with Gasteiger partial charge in [0.1, 0.15) is 0 Å². The average Bonchev–Trinajstić information content (AvgIpc) is 2.71. The van der Waals surface area contributed by atoms with Gasteiger partial charge in [0.05, 0.1) is 6.61 Å². The lowest BCUT2D eigenvalue weighted by Gasteiger charge is -2.42. The Morgan fingerprint density at radius 2 is 1.50 bits per heavy atom. The molecule has 0 bridgehead atoms. The fourth-order valence-electron chi connectivity index (χ4n) is 4.20. The molecule has 1 atom stereocenters. The van der Waals surface area contributed by atoms with Gasteiger partial charge in [0.2, 0.25) is 0 Å². The van der Waals surface area contributed by atoms with Crippen LogP contribution in [0, 0.1) is 18.3 Å². The molecule has 0 spiro atoms. The second kappa shape index (κ2) is 10.6. The number of hydrogen-bond donors (Lipinski definition) is 0. The van der Waals surface area contributed by atoms with E-state index in [0.717, 1.165) is 12.0 Å². The zero-order valence-electron chi connectivity index (χ0n) is 19.4. The Labute approximate surface area is 185 Å². The van der Waals surface area contributed by atoms with Gasteiger partial charge >= 0.3 is 0 Å². The van der Waals surface area contributed by atoms with Crippen molar-refractivity contribution in [3.8, 4) is 12.3 Å². The predicted molar refractivity (Wildman–Crippen MR) is 134 cm³/mol. The second-order valence-electron chi connectivity index (χ2n) is 9.20. The SMILES string of the molecule is C#C/C(C)=C\[C@@H](C)C/C(C)=C/CO[Si](c1ccccc1)(c1ccccc1)C(C)(C)C. The quantitative estimate of drug-likeness (QED) is 0.286. The highest BCUT2D eigenvalue weighted by atomic mass is 28.4. The summed E-state index contributed by atoms with van der Waals surface area (Å²) in [6, 6.07) is 21.6. The van der Waals surface area contributed by atoms with Crippen molar-refractivity contribution >= 4 is 18.7 Å². The highest BCUT2D eigenvalue weighted by Crippen LogP contribution is 2.36. The number of hydrogen-bond acceptors (Lipinski definition) is 1. The summed E-state index contributed by atoms with van der Waals surface area (Å²) in [5.41, 5.74) is 2.33. The maximum Gasteiger partial charge on any atom is 0.261 e. The van der Waals surface area contributed by atoms with Gasteiger partial charge in [-0.25, -0.2) is 0 Å². The highest BCUT2D eigenvalue weighted by Gasteiger charge is 2.49. The standard InChI is InChI=1S/C28H36OSi/c1-8-23(2)21-25(4)22-24(3)19-20-29-30(28(5,6)7,26-15-11-9-12-16-26)27-17-13-10-14-18-27/h1,9-19,21,25H,20,22H2,2-7H3/b23-21-,24-19+/t25-/m1/s1. The molecule has 0 N–H and O–H groups in total. The van der Waals surface area contributed by atoms with Crippen LogP contribution in [0.5, 0.6) is 0 Å². The lowest BCUT2D eigenvalue weighted by Crippen LogP contribution is -2.66. The molecule has 0 aliphatic carbocycles. The van der Waals surface area contributed by atoms with Gasteiger partial charge in [-0.15, -0.1) is 6.42 Å². The van der Waals surface area contributed by atoms with Crippen LogP contribution in [0.1, 0.15) is 48.0 Å². The van der Waals surface area contributed by atoms with E-state index in [2.05, 4.69) is 113 Å². The third-order valence-electron chi connectivity index (χ3n) is 5.55. The molecule has 0 amide bonds. The van der Waals surface area contributed by atoms with Gasteiger partial charge in [-0.3, -0.25) is 0 Å². The molecule has 2 aromatic carbocycles. The first-order chi connectivity index (χ1) is 14.2. The topological polar surface area (TPSA) is 9.23 Å². The van der Waals surface area contributed by atoms with E-state index in [1.807, 2.05) is 6.92 Å². The van der Waals surface area contributed by atoms with Crippen LogP contribution in [0.2, 0.25) is 5.04 Å². The van der Waals surface area contributed by atoms with Crippen molar-refractivity contribution in [3.63, 3.8) is 0 Å². The first-order valence-electron chi connectivity index (χ1n) is 10.8. The maximum absolute atomic E-state index is 6.94. The van der Waals surface area contributed by atoms with Crippen LogP contribution >= 0.6 is 0 Å². The van der Waals surface area contributed by atoms with Crippen molar-refractivity contribution in [3.05, 3.63) is 84.0 Å². The molecule has 2 heteroatoms. The van der Waals surface area contributed by atoms with Gasteiger partial charge in [-0.2, -0.15) is 0 Å². The molecule has 0 fully saturated rings. The molecule has 0 saturated heterocycles. The summed E-state index contributed by atoms with van der Waals surface area (Å²) in [5.74, 6) is 3.13. The summed E-state index contributed by atoms with van der Waals surface area (Å²) in [4.78, 5) is 0. The van der Waals surface area contributed by atoms with Gasteiger partial charge in [-0.1, -0.05) is 112 Å². The van der Waals surface area contributed by atoms with E-state index in [0.29, 0.717) is 12.5 Å². The van der Waals surface area contributed by atoms with Crippen molar-refractivity contribution in [1.82, 2.24) is 0 Å². The van der Waals surface area contributed by atoms with E-state index < -0.39 is 8.32 Å². The zero-order chi connectivity index (χ0) is 22.2. The van der Waals surface area contributed by atoms with E-state index in [-0.39, 0.29) is 5.04 Å². The van der Waals surface area contributed by atoms with E-state index in [1.54, 1.807) is 0 Å². The zero-order valence-corrected chi connectivity index (χ0v) is 20.4. The van der Waals surface area contributed by atoms with Crippen molar-refractivity contribution < 1.29 is 4.43 Å². The molecule has 0 aliphatic rings. The summed E-state index contributed by atoms with van der Waals surface area (Å²) in [6.45, 7) is 13.9. The van der Waals surface area contributed by atoms with Gasteiger partial charge in [-0.05, 0) is 47.2 Å². The van der Waals surface area contributed by atoms with E-state index in [1.165, 1.54) is 15.9 Å². The smallest absolute Gasteiger partial charge is 0.261 e. The lowest BCUT2D eigenvalue weighted by atomic mass is 10.00. The lowest BCUT2D eigenvalue weighted by molar-refractivity contribution is 0.338. The first-order valence-corrected chi connectivity index (χ1v) is 12.7. The normalized spacial score (nSPS) is 14.3. The first kappa shape index (κ1) is 23.9. The number of terminal acetylenes is 1. The van der Waals surface area contributed by atoms with E-state index in [4.69, 9.17) is 10.8 Å². The minimum absolute atomic E-state index is 0.00259. The summed E-state index contributed by atoms with van der Waals surface area (Å²) in [5, 5.41) is 2.63. The summed E-state index contributed by atoms with van der Waals surface area (Å²) in [6.07, 6.45) is 10.9. The number of rotatable bonds is 8.